The van der Waals surface area contributed by atoms with Crippen LogP contribution in [0.5, 0.6) is 5.75 Å². The van der Waals surface area contributed by atoms with Gasteiger partial charge in [-0.05, 0) is 36.4 Å². The molecule has 3 rings (SSSR count). The van der Waals surface area contributed by atoms with Crippen molar-refractivity contribution in [2.75, 3.05) is 17.7 Å². The highest BCUT2D eigenvalue weighted by atomic mass is 35.5. The number of rotatable bonds is 5. The Morgan fingerprint density at radius 2 is 1.89 bits per heavy atom. The maximum absolute atomic E-state index is 13.8. The quantitative estimate of drug-likeness (QED) is 0.643. The highest BCUT2D eigenvalue weighted by Gasteiger charge is 2.11. The van der Waals surface area contributed by atoms with Gasteiger partial charge in [0.05, 0.1) is 35.3 Å². The molecule has 0 aliphatic rings. The molecule has 0 atom stereocenters. The van der Waals surface area contributed by atoms with Crippen molar-refractivity contribution in [3.63, 3.8) is 0 Å². The Morgan fingerprint density at radius 1 is 1.07 bits per heavy atom. The van der Waals surface area contributed by atoms with E-state index in [0.29, 0.717) is 22.1 Å². The molecule has 1 amide bonds. The van der Waals surface area contributed by atoms with Crippen molar-refractivity contribution in [2.45, 2.75) is 0 Å². The van der Waals surface area contributed by atoms with Crippen molar-refractivity contribution in [2.24, 2.45) is 0 Å². The number of halogens is 3. The molecule has 0 saturated carbocycles. The zero-order valence-corrected chi connectivity index (χ0v) is 14.8. The smallest absolute Gasteiger partial charge is 0.257 e. The number of aromatic nitrogens is 1. The predicted molar refractivity (Wildman–Crippen MR) is 99.8 cm³/mol. The average molecular weight is 390 g/mol. The van der Waals surface area contributed by atoms with Crippen LogP contribution in [-0.2, 0) is 0 Å². The fourth-order valence-corrected chi connectivity index (χ4v) is 2.58. The first kappa shape index (κ1) is 18.6. The minimum atomic E-state index is -0.752. The second-order valence-electron chi connectivity index (χ2n) is 5.51. The van der Waals surface area contributed by atoms with Gasteiger partial charge in [0, 0.05) is 18.0 Å². The summed E-state index contributed by atoms with van der Waals surface area (Å²) in [5.74, 6) is -1.36. The molecule has 2 N–H and O–H groups in total. The summed E-state index contributed by atoms with van der Waals surface area (Å²) >= 11 is 6.04. The normalized spacial score (nSPS) is 10.4. The molecule has 0 fully saturated rings. The Morgan fingerprint density at radius 3 is 2.59 bits per heavy atom. The lowest BCUT2D eigenvalue weighted by molar-refractivity contribution is 0.102. The SMILES string of the molecule is COc1ccc(NC(=O)c2cncc(Nc3ccc(F)cc3F)c2)cc1Cl. The van der Waals surface area contributed by atoms with Crippen LogP contribution in [0.15, 0.2) is 54.9 Å². The second kappa shape index (κ2) is 8.01. The molecule has 0 bridgehead atoms. The number of carbonyl (C=O) groups is 1. The van der Waals surface area contributed by atoms with E-state index in [1.54, 1.807) is 18.2 Å². The van der Waals surface area contributed by atoms with Gasteiger partial charge in [-0.3, -0.25) is 9.78 Å². The third kappa shape index (κ3) is 4.51. The number of anilines is 3. The van der Waals surface area contributed by atoms with E-state index in [2.05, 4.69) is 15.6 Å². The van der Waals surface area contributed by atoms with Crippen molar-refractivity contribution < 1.29 is 18.3 Å². The fraction of sp³-hybridized carbons (Fsp3) is 0.0526. The number of hydrogen-bond donors (Lipinski definition) is 2. The Labute approximate surface area is 159 Å². The molecule has 0 spiro atoms. The molecule has 1 aromatic heterocycles. The number of methoxy groups -OCH3 is 1. The largest absolute Gasteiger partial charge is 0.495 e. The van der Waals surface area contributed by atoms with E-state index in [1.807, 2.05) is 0 Å². The third-order valence-corrected chi connectivity index (χ3v) is 3.92. The minimum absolute atomic E-state index is 0.0673. The number of pyridine rings is 1. The number of nitrogens with one attached hydrogen (secondary N) is 2. The summed E-state index contributed by atoms with van der Waals surface area (Å²) in [5, 5.41) is 5.81. The number of ether oxygens (including phenoxy) is 1. The summed E-state index contributed by atoms with van der Waals surface area (Å²) in [6.07, 6.45) is 2.79. The second-order valence-corrected chi connectivity index (χ2v) is 5.92. The molecule has 0 saturated heterocycles. The van der Waals surface area contributed by atoms with Crippen LogP contribution >= 0.6 is 11.6 Å². The molecule has 0 aliphatic carbocycles. The van der Waals surface area contributed by atoms with Crippen molar-refractivity contribution in [3.8, 4) is 5.75 Å². The van der Waals surface area contributed by atoms with Gasteiger partial charge in [-0.2, -0.15) is 0 Å². The van der Waals surface area contributed by atoms with E-state index >= 15 is 0 Å². The van der Waals surface area contributed by atoms with Crippen LogP contribution in [0.2, 0.25) is 5.02 Å². The van der Waals surface area contributed by atoms with E-state index in [0.717, 1.165) is 12.1 Å². The Bertz CT molecular complexity index is 998. The van der Waals surface area contributed by atoms with Crippen molar-refractivity contribution in [1.29, 1.82) is 0 Å². The van der Waals surface area contributed by atoms with Crippen LogP contribution < -0.4 is 15.4 Å². The molecular weight excluding hydrogens is 376 g/mol. The maximum atomic E-state index is 13.8. The summed E-state index contributed by atoms with van der Waals surface area (Å²) in [6, 6.07) is 9.48. The van der Waals surface area contributed by atoms with Gasteiger partial charge in [-0.15, -0.1) is 0 Å². The van der Waals surface area contributed by atoms with Gasteiger partial charge in [-0.1, -0.05) is 11.6 Å². The lowest BCUT2D eigenvalue weighted by atomic mass is 10.2. The van der Waals surface area contributed by atoms with Gasteiger partial charge in [0.25, 0.3) is 5.91 Å². The van der Waals surface area contributed by atoms with Gasteiger partial charge in [0.1, 0.15) is 17.4 Å². The minimum Gasteiger partial charge on any atom is -0.495 e. The van der Waals surface area contributed by atoms with Gasteiger partial charge in [0.15, 0.2) is 0 Å². The van der Waals surface area contributed by atoms with E-state index < -0.39 is 17.5 Å². The molecule has 0 aliphatic heterocycles. The molecular formula is C19H14ClF2N3O2. The summed E-state index contributed by atoms with van der Waals surface area (Å²) in [5.41, 5.74) is 1.17. The highest BCUT2D eigenvalue weighted by molar-refractivity contribution is 6.32. The van der Waals surface area contributed by atoms with Crippen molar-refractivity contribution in [1.82, 2.24) is 4.98 Å². The molecule has 27 heavy (non-hydrogen) atoms. The topological polar surface area (TPSA) is 63.2 Å². The lowest BCUT2D eigenvalue weighted by Gasteiger charge is -2.10. The third-order valence-electron chi connectivity index (χ3n) is 3.62. The van der Waals surface area contributed by atoms with Gasteiger partial charge >= 0.3 is 0 Å². The van der Waals surface area contributed by atoms with Crippen LogP contribution in [-0.4, -0.2) is 18.0 Å². The Hall–Kier alpha value is -3.19. The van der Waals surface area contributed by atoms with Crippen molar-refractivity contribution >= 4 is 34.6 Å². The average Bonchev–Trinajstić information content (AvgIpc) is 2.64. The zero-order chi connectivity index (χ0) is 19.4. The molecule has 138 valence electrons. The van der Waals surface area contributed by atoms with E-state index in [4.69, 9.17) is 16.3 Å². The maximum Gasteiger partial charge on any atom is 0.257 e. The monoisotopic (exact) mass is 389 g/mol. The summed E-state index contributed by atoms with van der Waals surface area (Å²) in [4.78, 5) is 16.4. The number of amides is 1. The predicted octanol–water partition coefficient (Wildman–Crippen LogP) is 5.02. The zero-order valence-electron chi connectivity index (χ0n) is 14.1. The van der Waals surface area contributed by atoms with Crippen LogP contribution in [0.4, 0.5) is 25.8 Å². The van der Waals surface area contributed by atoms with Crippen molar-refractivity contribution in [3.05, 3.63) is 77.1 Å². The first-order valence-corrected chi connectivity index (χ1v) is 8.16. The molecule has 3 aromatic rings. The summed E-state index contributed by atoms with van der Waals surface area (Å²) in [7, 11) is 1.49. The number of carbonyl (C=O) groups excluding carboxylic acids is 1. The number of benzene rings is 2. The van der Waals surface area contributed by atoms with E-state index in [1.165, 1.54) is 31.6 Å². The van der Waals surface area contributed by atoms with Gasteiger partial charge < -0.3 is 15.4 Å². The molecule has 0 radical (unpaired) electrons. The fourth-order valence-electron chi connectivity index (χ4n) is 2.33. The molecule has 8 heteroatoms. The first-order valence-electron chi connectivity index (χ1n) is 7.78. The molecule has 1 heterocycles. The lowest BCUT2D eigenvalue weighted by Crippen LogP contribution is -2.12. The Kier molecular flexibility index (Phi) is 5.52. The Balaban J connectivity index is 1.76. The molecule has 0 unspecified atom stereocenters. The van der Waals surface area contributed by atoms with Gasteiger partial charge in [-0.25, -0.2) is 8.78 Å². The van der Waals surface area contributed by atoms with Gasteiger partial charge in [0.2, 0.25) is 0 Å². The number of nitrogens with zero attached hydrogens (tertiary/aromatic N) is 1. The van der Waals surface area contributed by atoms with E-state index in [-0.39, 0.29) is 11.3 Å². The summed E-state index contributed by atoms with van der Waals surface area (Å²) < 4.78 is 31.8. The highest BCUT2D eigenvalue weighted by Crippen LogP contribution is 2.27. The van der Waals surface area contributed by atoms with Crippen LogP contribution in [0.1, 0.15) is 10.4 Å². The first-order chi connectivity index (χ1) is 13.0. The molecule has 2 aromatic carbocycles. The van der Waals surface area contributed by atoms with Crippen LogP contribution in [0.3, 0.4) is 0 Å². The summed E-state index contributed by atoms with van der Waals surface area (Å²) in [6.45, 7) is 0. The standard InChI is InChI=1S/C19H14ClF2N3O2/c1-27-18-5-3-13(8-15(18)20)25-19(26)11-6-14(10-23-9-11)24-17-4-2-12(21)7-16(17)22/h2-10,24H,1H3,(H,25,26). The molecule has 5 nitrogen and oxygen atoms in total. The van der Waals surface area contributed by atoms with E-state index in [9.17, 15) is 13.6 Å². The number of hydrogen-bond acceptors (Lipinski definition) is 4. The van der Waals surface area contributed by atoms with Crippen LogP contribution in [0.25, 0.3) is 0 Å². The van der Waals surface area contributed by atoms with Crippen LogP contribution in [0, 0.1) is 11.6 Å².